The minimum Gasteiger partial charge on any atom is -0.370 e. The van der Waals surface area contributed by atoms with Crippen LogP contribution in [0.25, 0.3) is 0 Å². The van der Waals surface area contributed by atoms with Crippen LogP contribution in [0.15, 0.2) is 30.4 Å². The van der Waals surface area contributed by atoms with Gasteiger partial charge in [-0.05, 0) is 31.8 Å². The van der Waals surface area contributed by atoms with Gasteiger partial charge < -0.3 is 15.5 Å². The van der Waals surface area contributed by atoms with Crippen LogP contribution in [0, 0.1) is 10.1 Å². The van der Waals surface area contributed by atoms with Crippen LogP contribution in [0.4, 0.5) is 0 Å². The Balaban J connectivity index is 2.31. The van der Waals surface area contributed by atoms with E-state index in [1.165, 1.54) is 5.56 Å². The number of nitrogens with one attached hydrogen (secondary N) is 2. The van der Waals surface area contributed by atoms with E-state index in [4.69, 9.17) is 0 Å². The van der Waals surface area contributed by atoms with Gasteiger partial charge >= 0.3 is 0 Å². The Morgan fingerprint density at radius 1 is 1.55 bits per heavy atom. The Morgan fingerprint density at radius 2 is 2.32 bits per heavy atom. The second-order valence-corrected chi connectivity index (χ2v) is 6.06. The fourth-order valence-corrected chi connectivity index (χ4v) is 2.57. The number of nitrogens with zero attached hydrogens (tertiary/aromatic N) is 3. The minimum atomic E-state index is -0.480. The van der Waals surface area contributed by atoms with Gasteiger partial charge in [-0.15, -0.1) is 0 Å². The predicted octanol–water partition coefficient (Wildman–Crippen LogP) is 1.26. The molecule has 2 N–H and O–H groups in total. The summed E-state index contributed by atoms with van der Waals surface area (Å²) in [6.07, 6.45) is 2.77. The van der Waals surface area contributed by atoms with E-state index in [2.05, 4.69) is 26.6 Å². The Kier molecular flexibility index (Phi) is 8.31. The molecule has 0 aromatic carbocycles. The van der Waals surface area contributed by atoms with Gasteiger partial charge in [-0.1, -0.05) is 0 Å². The van der Waals surface area contributed by atoms with Crippen LogP contribution >= 0.6 is 11.8 Å². The van der Waals surface area contributed by atoms with Gasteiger partial charge in [-0.3, -0.25) is 15.1 Å². The molecule has 0 spiro atoms. The van der Waals surface area contributed by atoms with Crippen molar-refractivity contribution in [3.8, 4) is 0 Å². The van der Waals surface area contributed by atoms with Crippen LogP contribution in [0.1, 0.15) is 11.3 Å². The number of pyridine rings is 1. The quantitative estimate of drug-likeness (QED) is 0.381. The Hall–Kier alpha value is -1.80. The first-order valence-corrected chi connectivity index (χ1v) is 8.10. The molecule has 1 heterocycles. The SMILES string of the molecule is CNC(=C[N+](=O)[O-])NCCSCc1cc(CN(C)C)ccn1. The Bertz CT molecular complexity index is 508. The molecule has 1 aromatic heterocycles. The molecule has 1 aromatic rings. The van der Waals surface area contributed by atoms with Gasteiger partial charge in [-0.2, -0.15) is 11.8 Å². The molecule has 0 aliphatic carbocycles. The topological polar surface area (TPSA) is 83.3 Å². The van der Waals surface area contributed by atoms with E-state index in [9.17, 15) is 10.1 Å². The van der Waals surface area contributed by atoms with Gasteiger partial charge in [0.05, 0.1) is 10.6 Å². The maximum Gasteiger partial charge on any atom is 0.274 e. The highest BCUT2D eigenvalue weighted by Gasteiger charge is 2.01. The third-order valence-electron chi connectivity index (χ3n) is 2.70. The molecule has 7 nitrogen and oxygen atoms in total. The minimum absolute atomic E-state index is 0.414. The summed E-state index contributed by atoms with van der Waals surface area (Å²) in [5, 5.41) is 16.1. The molecule has 0 bridgehead atoms. The molecular weight excluding hydrogens is 302 g/mol. The van der Waals surface area contributed by atoms with Gasteiger partial charge in [-0.25, -0.2) is 0 Å². The zero-order valence-electron chi connectivity index (χ0n) is 13.2. The highest BCUT2D eigenvalue weighted by Crippen LogP contribution is 2.11. The van der Waals surface area contributed by atoms with Crippen molar-refractivity contribution < 1.29 is 4.92 Å². The molecule has 0 fully saturated rings. The molecule has 1 rings (SSSR count). The standard InChI is InChI=1S/C14H23N5O2S/c1-15-14(10-19(20)21)17-6-7-22-11-13-8-12(4-5-16-13)9-18(2)3/h4-5,8,10,15,17H,6-7,9,11H2,1-3H3. The van der Waals surface area contributed by atoms with Crippen LogP contribution in [-0.2, 0) is 12.3 Å². The summed E-state index contributed by atoms with van der Waals surface area (Å²) in [6.45, 7) is 1.56. The van der Waals surface area contributed by atoms with Gasteiger partial charge in [0.2, 0.25) is 0 Å². The van der Waals surface area contributed by atoms with Crippen LogP contribution in [-0.4, -0.2) is 48.2 Å². The van der Waals surface area contributed by atoms with Crippen molar-refractivity contribution in [3.05, 3.63) is 51.7 Å². The third-order valence-corrected chi connectivity index (χ3v) is 3.69. The highest BCUT2D eigenvalue weighted by atomic mass is 32.2. The Morgan fingerprint density at radius 3 is 2.95 bits per heavy atom. The number of hydrogen-bond donors (Lipinski definition) is 2. The molecule has 0 saturated carbocycles. The summed E-state index contributed by atoms with van der Waals surface area (Å²) in [7, 11) is 5.73. The van der Waals surface area contributed by atoms with Gasteiger partial charge in [0, 0.05) is 37.8 Å². The highest BCUT2D eigenvalue weighted by molar-refractivity contribution is 7.98. The monoisotopic (exact) mass is 325 g/mol. The fraction of sp³-hybridized carbons (Fsp3) is 0.500. The van der Waals surface area contributed by atoms with E-state index in [1.54, 1.807) is 18.8 Å². The van der Waals surface area contributed by atoms with Crippen molar-refractivity contribution in [2.75, 3.05) is 33.4 Å². The first-order valence-electron chi connectivity index (χ1n) is 6.94. The number of nitro groups is 1. The second kappa shape index (κ2) is 10.0. The number of thioether (sulfide) groups is 1. The summed E-state index contributed by atoms with van der Waals surface area (Å²) in [6, 6.07) is 4.14. The fourth-order valence-electron chi connectivity index (χ4n) is 1.81. The van der Waals surface area contributed by atoms with E-state index in [1.807, 2.05) is 26.4 Å². The van der Waals surface area contributed by atoms with Gasteiger partial charge in [0.15, 0.2) is 5.82 Å². The summed E-state index contributed by atoms with van der Waals surface area (Å²) < 4.78 is 0. The lowest BCUT2D eigenvalue weighted by Gasteiger charge is -2.10. The summed E-state index contributed by atoms with van der Waals surface area (Å²) in [5.74, 6) is 2.09. The molecule has 0 aliphatic heterocycles. The summed E-state index contributed by atoms with van der Waals surface area (Å²) >= 11 is 1.74. The van der Waals surface area contributed by atoms with Crippen LogP contribution < -0.4 is 10.6 Å². The normalized spacial score (nSPS) is 11.5. The molecule has 0 aliphatic rings. The molecule has 122 valence electrons. The van der Waals surface area contributed by atoms with Crippen molar-refractivity contribution in [3.63, 3.8) is 0 Å². The van der Waals surface area contributed by atoms with Crippen molar-refractivity contribution >= 4 is 11.8 Å². The van der Waals surface area contributed by atoms with Crippen molar-refractivity contribution in [1.82, 2.24) is 20.5 Å². The van der Waals surface area contributed by atoms with E-state index < -0.39 is 4.92 Å². The molecular formula is C14H23N5O2S. The number of rotatable bonds is 10. The van der Waals surface area contributed by atoms with Gasteiger partial charge in [0.1, 0.15) is 0 Å². The summed E-state index contributed by atoms with van der Waals surface area (Å²) in [5.41, 5.74) is 2.30. The first kappa shape index (κ1) is 18.2. The lowest BCUT2D eigenvalue weighted by atomic mass is 10.2. The van der Waals surface area contributed by atoms with E-state index in [0.29, 0.717) is 12.4 Å². The summed E-state index contributed by atoms with van der Waals surface area (Å²) in [4.78, 5) is 16.4. The Labute approximate surface area is 135 Å². The molecule has 0 radical (unpaired) electrons. The van der Waals surface area contributed by atoms with Crippen molar-refractivity contribution in [2.24, 2.45) is 0 Å². The zero-order chi connectivity index (χ0) is 16.4. The molecule has 22 heavy (non-hydrogen) atoms. The van der Waals surface area contributed by atoms with Crippen LogP contribution in [0.2, 0.25) is 0 Å². The predicted molar refractivity (Wildman–Crippen MR) is 89.9 cm³/mol. The number of aromatic nitrogens is 1. The second-order valence-electron chi connectivity index (χ2n) is 4.95. The van der Waals surface area contributed by atoms with Crippen molar-refractivity contribution in [2.45, 2.75) is 12.3 Å². The average molecular weight is 325 g/mol. The average Bonchev–Trinajstić information content (AvgIpc) is 2.45. The van der Waals surface area contributed by atoms with Gasteiger partial charge in [0.25, 0.3) is 6.20 Å². The van der Waals surface area contributed by atoms with Crippen LogP contribution in [0.3, 0.4) is 0 Å². The van der Waals surface area contributed by atoms with Crippen LogP contribution in [0.5, 0.6) is 0 Å². The zero-order valence-corrected chi connectivity index (χ0v) is 14.0. The number of hydrogen-bond acceptors (Lipinski definition) is 7. The van der Waals surface area contributed by atoms with E-state index in [-0.39, 0.29) is 0 Å². The largest absolute Gasteiger partial charge is 0.370 e. The van der Waals surface area contributed by atoms with E-state index >= 15 is 0 Å². The maximum absolute atomic E-state index is 10.4. The molecule has 0 atom stereocenters. The maximum atomic E-state index is 10.4. The van der Waals surface area contributed by atoms with Crippen molar-refractivity contribution in [1.29, 1.82) is 0 Å². The lowest BCUT2D eigenvalue weighted by molar-refractivity contribution is -0.404. The first-order chi connectivity index (χ1) is 10.5. The lowest BCUT2D eigenvalue weighted by Crippen LogP contribution is -2.26. The van der Waals surface area contributed by atoms with E-state index in [0.717, 1.165) is 29.9 Å². The molecule has 0 amide bonds. The third kappa shape index (κ3) is 7.84. The molecule has 8 heteroatoms. The molecule has 0 unspecified atom stereocenters. The smallest absolute Gasteiger partial charge is 0.274 e. The molecule has 0 saturated heterocycles.